The topological polar surface area (TPSA) is 58.1 Å². The van der Waals surface area contributed by atoms with Crippen LogP contribution in [0.1, 0.15) is 31.9 Å². The highest BCUT2D eigenvalue weighted by Gasteiger charge is 2.56. The second kappa shape index (κ2) is 10.9. The first-order valence-corrected chi connectivity index (χ1v) is 14.9. The number of anilines is 2. The first-order chi connectivity index (χ1) is 18.8. The molecule has 2 aromatic heterocycles. The first kappa shape index (κ1) is 26.3. The van der Waals surface area contributed by atoms with Crippen LogP contribution in [-0.4, -0.2) is 61.9 Å². The molecule has 0 bridgehead atoms. The SMILES string of the molecule is CC(C)(C)c1ccc(CN2CC3C(C2)C3CN(C(=O)Oc2cccs2)c2ccc(N3CCOCC3)nc2)cc1. The van der Waals surface area contributed by atoms with E-state index >= 15 is 0 Å². The average molecular weight is 547 g/mol. The number of piperidine rings is 1. The van der Waals surface area contributed by atoms with Gasteiger partial charge >= 0.3 is 6.09 Å². The Kier molecular flexibility index (Phi) is 7.35. The lowest BCUT2D eigenvalue weighted by Gasteiger charge is -2.28. The van der Waals surface area contributed by atoms with E-state index in [1.54, 1.807) is 4.90 Å². The van der Waals surface area contributed by atoms with Crippen LogP contribution >= 0.6 is 11.3 Å². The number of hydrogen-bond donors (Lipinski definition) is 0. The summed E-state index contributed by atoms with van der Waals surface area (Å²) in [4.78, 5) is 24.6. The van der Waals surface area contributed by atoms with Gasteiger partial charge in [-0.05, 0) is 63.9 Å². The van der Waals surface area contributed by atoms with E-state index in [1.165, 1.54) is 22.5 Å². The molecule has 4 heterocycles. The second-order valence-corrected chi connectivity index (χ2v) is 12.9. The second-order valence-electron chi connectivity index (χ2n) is 12.0. The molecule has 3 fully saturated rings. The number of carbonyl (C=O) groups is 1. The van der Waals surface area contributed by atoms with Gasteiger partial charge in [-0.1, -0.05) is 45.0 Å². The molecular weight excluding hydrogens is 508 g/mol. The third kappa shape index (κ3) is 5.98. The van der Waals surface area contributed by atoms with Gasteiger partial charge in [-0.15, -0.1) is 11.3 Å². The summed E-state index contributed by atoms with van der Waals surface area (Å²) in [5.74, 6) is 2.65. The molecule has 8 heteroatoms. The lowest BCUT2D eigenvalue weighted by molar-refractivity contribution is 0.122. The minimum atomic E-state index is -0.334. The van der Waals surface area contributed by atoms with E-state index in [0.29, 0.717) is 42.6 Å². The molecule has 0 radical (unpaired) electrons. The third-order valence-corrected chi connectivity index (χ3v) is 9.09. The molecule has 1 amide bonds. The quantitative estimate of drug-likeness (QED) is 0.381. The molecule has 39 heavy (non-hydrogen) atoms. The molecule has 2 unspecified atom stereocenters. The monoisotopic (exact) mass is 546 g/mol. The van der Waals surface area contributed by atoms with E-state index in [-0.39, 0.29) is 11.5 Å². The van der Waals surface area contributed by atoms with Crippen molar-refractivity contribution in [2.45, 2.75) is 32.7 Å². The summed E-state index contributed by atoms with van der Waals surface area (Å²) < 4.78 is 11.2. The fourth-order valence-electron chi connectivity index (χ4n) is 5.98. The molecule has 1 saturated carbocycles. The molecular formula is C31H38N4O3S. The predicted octanol–water partition coefficient (Wildman–Crippen LogP) is 5.66. The number of likely N-dealkylation sites (tertiary alicyclic amines) is 1. The van der Waals surface area contributed by atoms with Gasteiger partial charge in [-0.25, -0.2) is 9.78 Å². The molecule has 1 aliphatic carbocycles. The number of morpholine rings is 1. The first-order valence-electron chi connectivity index (χ1n) is 14.0. The van der Waals surface area contributed by atoms with E-state index < -0.39 is 0 Å². The fourth-order valence-corrected chi connectivity index (χ4v) is 6.55. The van der Waals surface area contributed by atoms with Crippen LogP contribution < -0.4 is 14.5 Å². The van der Waals surface area contributed by atoms with Crippen molar-refractivity contribution in [3.63, 3.8) is 0 Å². The van der Waals surface area contributed by atoms with Crippen LogP contribution in [0.15, 0.2) is 60.1 Å². The van der Waals surface area contributed by atoms with Gasteiger partial charge in [0.1, 0.15) is 5.82 Å². The maximum Gasteiger partial charge on any atom is 0.420 e. The molecule has 2 aliphatic heterocycles. The number of nitrogens with zero attached hydrogens (tertiary/aromatic N) is 4. The smallest absolute Gasteiger partial charge is 0.399 e. The lowest BCUT2D eigenvalue weighted by atomic mass is 9.87. The number of ether oxygens (including phenoxy) is 2. The van der Waals surface area contributed by atoms with Crippen LogP contribution in [0.4, 0.5) is 16.3 Å². The van der Waals surface area contributed by atoms with E-state index in [2.05, 4.69) is 54.8 Å². The van der Waals surface area contributed by atoms with E-state index in [9.17, 15) is 4.79 Å². The zero-order valence-electron chi connectivity index (χ0n) is 23.1. The highest BCUT2D eigenvalue weighted by Crippen LogP contribution is 2.52. The number of hydrogen-bond acceptors (Lipinski definition) is 7. The van der Waals surface area contributed by atoms with Gasteiger partial charge < -0.3 is 14.4 Å². The molecule has 3 aromatic rings. The highest BCUT2D eigenvalue weighted by atomic mass is 32.1. The Labute approximate surface area is 235 Å². The number of amides is 1. The third-order valence-electron chi connectivity index (χ3n) is 8.35. The van der Waals surface area contributed by atoms with Crippen molar-refractivity contribution in [3.8, 4) is 5.06 Å². The van der Waals surface area contributed by atoms with Crippen molar-refractivity contribution in [1.82, 2.24) is 9.88 Å². The molecule has 2 atom stereocenters. The maximum absolute atomic E-state index is 13.3. The van der Waals surface area contributed by atoms with Crippen LogP contribution in [0.5, 0.6) is 5.06 Å². The van der Waals surface area contributed by atoms with Crippen molar-refractivity contribution in [3.05, 3.63) is 71.2 Å². The summed E-state index contributed by atoms with van der Waals surface area (Å²) in [5, 5.41) is 2.53. The van der Waals surface area contributed by atoms with Crippen LogP contribution in [0.2, 0.25) is 0 Å². The molecule has 2 saturated heterocycles. The summed E-state index contributed by atoms with van der Waals surface area (Å²) in [6.45, 7) is 13.7. The molecule has 7 nitrogen and oxygen atoms in total. The largest absolute Gasteiger partial charge is 0.420 e. The number of thiophene rings is 1. The van der Waals surface area contributed by atoms with Gasteiger partial charge in [0.05, 0.1) is 25.1 Å². The summed E-state index contributed by atoms with van der Waals surface area (Å²) in [5.41, 5.74) is 3.70. The molecule has 6 rings (SSSR count). The van der Waals surface area contributed by atoms with Crippen LogP contribution in [0.25, 0.3) is 0 Å². The van der Waals surface area contributed by atoms with Crippen molar-refractivity contribution < 1.29 is 14.3 Å². The number of rotatable bonds is 7. The maximum atomic E-state index is 13.3. The van der Waals surface area contributed by atoms with Gasteiger partial charge in [0.15, 0.2) is 5.06 Å². The zero-order valence-corrected chi connectivity index (χ0v) is 23.9. The van der Waals surface area contributed by atoms with Crippen LogP contribution in [0.3, 0.4) is 0 Å². The Morgan fingerprint density at radius 3 is 2.44 bits per heavy atom. The van der Waals surface area contributed by atoms with Gasteiger partial charge in [0.2, 0.25) is 0 Å². The predicted molar refractivity (Wildman–Crippen MR) is 156 cm³/mol. The van der Waals surface area contributed by atoms with Crippen LogP contribution in [0, 0.1) is 17.8 Å². The highest BCUT2D eigenvalue weighted by molar-refractivity contribution is 7.11. The normalized spacial score (nSPS) is 22.9. The number of pyridine rings is 1. The Balaban J connectivity index is 1.09. The van der Waals surface area contributed by atoms with Gasteiger partial charge in [-0.2, -0.15) is 0 Å². The van der Waals surface area contributed by atoms with Crippen molar-refractivity contribution in [1.29, 1.82) is 0 Å². The standard InChI is InChI=1S/C31H38N4O3S/c1-31(2,3)23-8-6-22(7-9-23)18-33-19-25-26(20-33)27(25)21-35(30(36)38-29-5-4-16-39-29)24-10-11-28(32-17-24)34-12-14-37-15-13-34/h4-11,16-17,25-27H,12-15,18-21H2,1-3H3. The van der Waals surface area contributed by atoms with E-state index in [1.807, 2.05) is 35.8 Å². The van der Waals surface area contributed by atoms with Crippen molar-refractivity contribution >= 4 is 28.9 Å². The Bertz CT molecular complexity index is 1240. The minimum Gasteiger partial charge on any atom is -0.399 e. The van der Waals surface area contributed by atoms with E-state index in [4.69, 9.17) is 14.5 Å². The number of benzene rings is 1. The molecule has 0 spiro atoms. The number of aromatic nitrogens is 1. The average Bonchev–Trinajstić information content (AvgIpc) is 3.28. The molecule has 1 aromatic carbocycles. The zero-order chi connectivity index (χ0) is 27.0. The van der Waals surface area contributed by atoms with Gasteiger partial charge in [-0.3, -0.25) is 9.80 Å². The number of fused-ring (bicyclic) bond motifs is 1. The molecule has 206 valence electrons. The van der Waals surface area contributed by atoms with E-state index in [0.717, 1.165) is 44.2 Å². The van der Waals surface area contributed by atoms with Crippen molar-refractivity contribution in [2.24, 2.45) is 17.8 Å². The Morgan fingerprint density at radius 1 is 1.08 bits per heavy atom. The van der Waals surface area contributed by atoms with Crippen molar-refractivity contribution in [2.75, 3.05) is 55.7 Å². The summed E-state index contributed by atoms with van der Waals surface area (Å²) >= 11 is 1.43. The minimum absolute atomic E-state index is 0.176. The fraction of sp³-hybridized carbons (Fsp3) is 0.484. The van der Waals surface area contributed by atoms with Crippen LogP contribution in [-0.2, 0) is 16.7 Å². The summed E-state index contributed by atoms with van der Waals surface area (Å²) in [6, 6.07) is 16.8. The Hall–Kier alpha value is -2.94. The van der Waals surface area contributed by atoms with Gasteiger partial charge in [0.25, 0.3) is 0 Å². The summed E-state index contributed by atoms with van der Waals surface area (Å²) in [6.07, 6.45) is 1.48. The lowest BCUT2D eigenvalue weighted by Crippen LogP contribution is -2.38. The molecule has 3 aliphatic rings. The summed E-state index contributed by atoms with van der Waals surface area (Å²) in [7, 11) is 0. The molecule has 0 N–H and O–H groups in total. The van der Waals surface area contributed by atoms with Gasteiger partial charge in [0, 0.05) is 39.3 Å². The number of carbonyl (C=O) groups excluding carboxylic acids is 1. The Morgan fingerprint density at radius 2 is 1.82 bits per heavy atom.